The molecule has 12 nitrogen and oxygen atoms in total. The number of para-hydroxylation sites is 1. The summed E-state index contributed by atoms with van der Waals surface area (Å²) in [6.07, 6.45) is -0.354. The van der Waals surface area contributed by atoms with Crippen LogP contribution in [0.5, 0.6) is 17.4 Å². The molecule has 0 radical (unpaired) electrons. The Balaban J connectivity index is 1.65. The largest absolute Gasteiger partial charge is 0.496 e. The molecule has 0 unspecified atom stereocenters. The minimum absolute atomic E-state index is 0.00637. The third-order valence-electron chi connectivity index (χ3n) is 6.82. The summed E-state index contributed by atoms with van der Waals surface area (Å²) in [5.74, 6) is -1.69. The zero-order valence-corrected chi connectivity index (χ0v) is 26.9. The molecular weight excluding hydrogens is 588 g/mol. The van der Waals surface area contributed by atoms with Gasteiger partial charge >= 0.3 is 5.97 Å². The molecule has 0 amide bonds. The Labute approximate surface area is 258 Å². The number of rotatable bonds is 11. The van der Waals surface area contributed by atoms with E-state index in [2.05, 4.69) is 14.7 Å². The lowest BCUT2D eigenvalue weighted by Crippen LogP contribution is -2.36. The number of hydrogen-bond acceptors (Lipinski definition) is 11. The maximum absolute atomic E-state index is 13.5. The van der Waals surface area contributed by atoms with Crippen LogP contribution in [0, 0.1) is 6.92 Å². The average molecular weight is 629 g/mol. The molecule has 0 spiro atoms. The van der Waals surface area contributed by atoms with Gasteiger partial charge in [0.2, 0.25) is 5.75 Å². The lowest BCUT2D eigenvalue weighted by Gasteiger charge is -2.20. The molecule has 2 heterocycles. The summed E-state index contributed by atoms with van der Waals surface area (Å²) in [4.78, 5) is 21.8. The second-order valence-electron chi connectivity index (χ2n) is 11.9. The first-order valence-corrected chi connectivity index (χ1v) is 15.6. The topological polar surface area (TPSA) is 161 Å². The Bertz CT molecular complexity index is 1590. The van der Waals surface area contributed by atoms with Crippen LogP contribution >= 0.6 is 0 Å². The number of nitrogens with zero attached hydrogens (tertiary/aromatic N) is 2. The summed E-state index contributed by atoms with van der Waals surface area (Å²) < 4.78 is 57.8. The molecule has 2 aromatic carbocycles. The predicted molar refractivity (Wildman–Crippen MR) is 163 cm³/mol. The van der Waals surface area contributed by atoms with Crippen molar-refractivity contribution in [2.75, 3.05) is 25.0 Å². The van der Waals surface area contributed by atoms with Gasteiger partial charge in [-0.05, 0) is 55.5 Å². The number of sulfonamides is 1. The first-order chi connectivity index (χ1) is 20.6. The Morgan fingerprint density at radius 3 is 2.43 bits per heavy atom. The number of ether oxygens (including phenoxy) is 5. The van der Waals surface area contributed by atoms with Gasteiger partial charge in [-0.3, -0.25) is 4.72 Å². The molecule has 1 aliphatic rings. The van der Waals surface area contributed by atoms with Crippen LogP contribution in [0.4, 0.5) is 5.82 Å². The fourth-order valence-corrected chi connectivity index (χ4v) is 5.51. The third-order valence-corrected chi connectivity index (χ3v) is 8.17. The summed E-state index contributed by atoms with van der Waals surface area (Å²) in [5, 5.41) is 0. The zero-order valence-electron chi connectivity index (χ0n) is 26.0. The molecule has 44 heavy (non-hydrogen) atoms. The van der Waals surface area contributed by atoms with E-state index in [1.165, 1.54) is 19.2 Å². The van der Waals surface area contributed by atoms with Gasteiger partial charge in [-0.25, -0.2) is 18.2 Å². The van der Waals surface area contributed by atoms with E-state index in [0.717, 1.165) is 5.56 Å². The van der Waals surface area contributed by atoms with Gasteiger partial charge in [-0.2, -0.15) is 4.98 Å². The Hall–Kier alpha value is -3.78. The standard InChI is InChI=1S/C31H40N4O8S/c1-19-33-27(35-44(37,38)23-14-12-21(13-15-23)30(2,3)4)26(28(34-19)40-17-22-18-41-31(5,6)43-22)42-29(36)24(32)16-20-10-8-9-11-25(20)39-7/h8-15,22,24H,16-18,32H2,1-7H3,(H,33,34,35)/t22-,24-/m0/s1. The van der Waals surface area contributed by atoms with Crippen LogP contribution in [-0.2, 0) is 36.1 Å². The van der Waals surface area contributed by atoms with Gasteiger partial charge in [-0.1, -0.05) is 51.1 Å². The molecular formula is C31H40N4O8S. The van der Waals surface area contributed by atoms with E-state index in [4.69, 9.17) is 29.4 Å². The van der Waals surface area contributed by atoms with Crippen LogP contribution in [0.1, 0.15) is 51.6 Å². The summed E-state index contributed by atoms with van der Waals surface area (Å²) >= 11 is 0. The third kappa shape index (κ3) is 8.23. The lowest BCUT2D eigenvalue weighted by atomic mass is 9.87. The molecule has 0 saturated carbocycles. The first kappa shape index (κ1) is 33.1. The number of carbonyl (C=O) groups is 1. The van der Waals surface area contributed by atoms with Gasteiger partial charge in [0.05, 0.1) is 18.6 Å². The fourth-order valence-electron chi connectivity index (χ4n) is 4.50. The van der Waals surface area contributed by atoms with Crippen molar-refractivity contribution in [2.45, 2.75) is 76.2 Å². The molecule has 0 bridgehead atoms. The van der Waals surface area contributed by atoms with Crippen LogP contribution in [0.3, 0.4) is 0 Å². The predicted octanol–water partition coefficient (Wildman–Crippen LogP) is 3.90. The fraction of sp³-hybridized carbons (Fsp3) is 0.452. The van der Waals surface area contributed by atoms with Crippen LogP contribution in [0.2, 0.25) is 0 Å². The SMILES string of the molecule is COc1ccccc1C[C@H](N)C(=O)Oc1c(NS(=O)(=O)c2ccc(C(C)(C)C)cc2)nc(C)nc1OC[C@H]1COC(C)(C)O1. The van der Waals surface area contributed by atoms with Crippen molar-refractivity contribution in [1.82, 2.24) is 9.97 Å². The number of aromatic nitrogens is 2. The van der Waals surface area contributed by atoms with E-state index in [9.17, 15) is 13.2 Å². The summed E-state index contributed by atoms with van der Waals surface area (Å²) in [6, 6.07) is 12.5. The molecule has 4 rings (SSSR count). The van der Waals surface area contributed by atoms with Gasteiger partial charge in [0.25, 0.3) is 15.9 Å². The normalized spacial score (nSPS) is 17.1. The van der Waals surface area contributed by atoms with Crippen LogP contribution < -0.4 is 24.7 Å². The smallest absolute Gasteiger partial charge is 0.328 e. The maximum Gasteiger partial charge on any atom is 0.328 e. The summed E-state index contributed by atoms with van der Waals surface area (Å²) in [6.45, 7) is 11.4. The molecule has 13 heteroatoms. The van der Waals surface area contributed by atoms with Crippen LogP contribution in [0.25, 0.3) is 0 Å². The van der Waals surface area contributed by atoms with Crippen molar-refractivity contribution in [3.63, 3.8) is 0 Å². The number of methoxy groups -OCH3 is 1. The number of anilines is 1. The highest BCUT2D eigenvalue weighted by atomic mass is 32.2. The van der Waals surface area contributed by atoms with E-state index >= 15 is 0 Å². The maximum atomic E-state index is 13.5. The average Bonchev–Trinajstić information content (AvgIpc) is 3.31. The van der Waals surface area contributed by atoms with Crippen molar-refractivity contribution in [3.05, 3.63) is 65.5 Å². The van der Waals surface area contributed by atoms with Crippen molar-refractivity contribution in [2.24, 2.45) is 5.73 Å². The number of nitrogens with one attached hydrogen (secondary N) is 1. The van der Waals surface area contributed by atoms with Crippen LogP contribution in [-0.4, -0.2) is 62.6 Å². The van der Waals surface area contributed by atoms with Gasteiger partial charge in [0, 0.05) is 6.42 Å². The summed E-state index contributed by atoms with van der Waals surface area (Å²) in [7, 11) is -2.65. The Kier molecular flexibility index (Phi) is 9.83. The molecule has 1 saturated heterocycles. The van der Waals surface area contributed by atoms with Gasteiger partial charge in [-0.15, -0.1) is 0 Å². The molecule has 1 fully saturated rings. The highest BCUT2D eigenvalue weighted by Crippen LogP contribution is 2.35. The number of esters is 1. The quantitative estimate of drug-likeness (QED) is 0.296. The van der Waals surface area contributed by atoms with Crippen molar-refractivity contribution >= 4 is 21.8 Å². The monoisotopic (exact) mass is 628 g/mol. The number of hydrogen-bond donors (Lipinski definition) is 2. The molecule has 1 aliphatic heterocycles. The van der Waals surface area contributed by atoms with E-state index in [1.807, 2.05) is 20.8 Å². The second-order valence-corrected chi connectivity index (χ2v) is 13.6. The highest BCUT2D eigenvalue weighted by Gasteiger charge is 2.34. The van der Waals surface area contributed by atoms with E-state index < -0.39 is 33.9 Å². The molecule has 2 atom stereocenters. The minimum Gasteiger partial charge on any atom is -0.496 e. The lowest BCUT2D eigenvalue weighted by molar-refractivity contribution is -0.141. The molecule has 238 valence electrons. The van der Waals surface area contributed by atoms with E-state index in [0.29, 0.717) is 11.3 Å². The number of aryl methyl sites for hydroxylation is 1. The highest BCUT2D eigenvalue weighted by molar-refractivity contribution is 7.92. The molecule has 3 aromatic rings. The number of nitrogens with two attached hydrogens (primary N) is 1. The van der Waals surface area contributed by atoms with E-state index in [-0.39, 0.29) is 53.2 Å². The molecule has 0 aliphatic carbocycles. The van der Waals surface area contributed by atoms with Crippen molar-refractivity contribution in [3.8, 4) is 17.4 Å². The minimum atomic E-state index is -4.17. The molecule has 1 aromatic heterocycles. The Morgan fingerprint density at radius 1 is 1.14 bits per heavy atom. The first-order valence-electron chi connectivity index (χ1n) is 14.1. The van der Waals surface area contributed by atoms with Crippen LogP contribution in [0.15, 0.2) is 53.4 Å². The molecule has 3 N–H and O–H groups in total. The van der Waals surface area contributed by atoms with Gasteiger partial charge in [0.15, 0.2) is 11.6 Å². The van der Waals surface area contributed by atoms with Crippen molar-refractivity contribution < 1.29 is 36.9 Å². The van der Waals surface area contributed by atoms with Gasteiger partial charge < -0.3 is 29.4 Å². The Morgan fingerprint density at radius 2 is 1.82 bits per heavy atom. The second kappa shape index (κ2) is 13.1. The van der Waals surface area contributed by atoms with E-state index in [1.54, 1.807) is 57.2 Å². The summed E-state index contributed by atoms with van der Waals surface area (Å²) in [5.41, 5.74) is 7.72. The van der Waals surface area contributed by atoms with Crippen molar-refractivity contribution in [1.29, 1.82) is 0 Å². The number of carbonyl (C=O) groups excluding carboxylic acids is 1. The number of benzene rings is 2. The zero-order chi connectivity index (χ0) is 32.3. The van der Waals surface area contributed by atoms with Gasteiger partial charge in [0.1, 0.15) is 30.3 Å².